The minimum atomic E-state index is -0.534. The summed E-state index contributed by atoms with van der Waals surface area (Å²) in [6.45, 7) is 4.91. The largest absolute Gasteiger partial charge is 0.461 e. The van der Waals surface area contributed by atoms with Crippen molar-refractivity contribution < 1.29 is 19.4 Å². The van der Waals surface area contributed by atoms with Crippen LogP contribution in [0.2, 0.25) is 5.02 Å². The highest BCUT2D eigenvalue weighted by molar-refractivity contribution is 6.30. The van der Waals surface area contributed by atoms with Gasteiger partial charge in [0.2, 0.25) is 0 Å². The van der Waals surface area contributed by atoms with Crippen LogP contribution < -0.4 is 4.90 Å². The van der Waals surface area contributed by atoms with Crippen LogP contribution in [0.4, 0.5) is 5.69 Å². The smallest absolute Gasteiger partial charge is 0.359 e. The number of rotatable bonds is 6. The molecular weight excluding hydrogens is 492 g/mol. The van der Waals surface area contributed by atoms with Crippen molar-refractivity contribution in [2.75, 3.05) is 37.7 Å². The van der Waals surface area contributed by atoms with E-state index in [0.29, 0.717) is 41.5 Å². The van der Waals surface area contributed by atoms with Crippen LogP contribution in [0.3, 0.4) is 0 Å². The van der Waals surface area contributed by atoms with Crippen molar-refractivity contribution in [3.8, 4) is 5.69 Å². The number of ether oxygens (including phenoxy) is 1. The maximum Gasteiger partial charge on any atom is 0.359 e. The number of benzene rings is 2. The lowest BCUT2D eigenvalue weighted by atomic mass is 9.86. The van der Waals surface area contributed by atoms with Gasteiger partial charge >= 0.3 is 5.97 Å². The minimum Gasteiger partial charge on any atom is -0.461 e. The lowest BCUT2D eigenvalue weighted by Gasteiger charge is -2.36. The summed E-state index contributed by atoms with van der Waals surface area (Å²) in [5, 5.41) is 14.6. The average molecular weight is 521 g/mol. The second-order valence-electron chi connectivity index (χ2n) is 10.1. The molecule has 1 aliphatic carbocycles. The first kappa shape index (κ1) is 24.2. The van der Waals surface area contributed by atoms with Gasteiger partial charge in [-0.1, -0.05) is 23.7 Å². The molecule has 1 aromatic heterocycles. The number of aromatic nitrogens is 2. The summed E-state index contributed by atoms with van der Waals surface area (Å²) >= 11 is 6.24. The zero-order chi connectivity index (χ0) is 25.7. The molecule has 3 heterocycles. The van der Waals surface area contributed by atoms with Crippen LogP contribution in [0.25, 0.3) is 5.69 Å². The standard InChI is InChI=1S/C28H29ClN4O4/c1-2-37-27(36)24-22-8-11-32(26(35)25(22)33(30-24)21-5-3-4-19(29)15-21)20-6-7-23-18(14-20)16-31(12-13-34)17-28(23)9-10-28/h3-7,14-15,34H,2,8-13,16-17H2,1H3. The lowest BCUT2D eigenvalue weighted by Crippen LogP contribution is -2.41. The Labute approximate surface area is 220 Å². The number of carbonyl (C=O) groups is 2. The molecule has 9 heteroatoms. The summed E-state index contributed by atoms with van der Waals surface area (Å²) in [5.74, 6) is -0.748. The third-order valence-electron chi connectivity index (χ3n) is 7.70. The number of esters is 1. The molecule has 1 saturated carbocycles. The van der Waals surface area contributed by atoms with E-state index < -0.39 is 5.97 Å². The summed E-state index contributed by atoms with van der Waals surface area (Å²) in [7, 11) is 0. The first-order valence-electron chi connectivity index (χ1n) is 12.8. The van der Waals surface area contributed by atoms with E-state index in [1.807, 2.05) is 12.1 Å². The Morgan fingerprint density at radius 2 is 2.03 bits per heavy atom. The molecule has 3 aliphatic rings. The van der Waals surface area contributed by atoms with Gasteiger partial charge in [-0.3, -0.25) is 9.69 Å². The molecule has 192 valence electrons. The van der Waals surface area contributed by atoms with Crippen LogP contribution >= 0.6 is 11.6 Å². The number of carbonyl (C=O) groups excluding carboxylic acids is 2. The number of hydrogen-bond acceptors (Lipinski definition) is 6. The van der Waals surface area contributed by atoms with Crippen LogP contribution in [0.15, 0.2) is 42.5 Å². The zero-order valence-corrected chi connectivity index (χ0v) is 21.5. The molecule has 2 aliphatic heterocycles. The van der Waals surface area contributed by atoms with Crippen molar-refractivity contribution in [3.05, 3.63) is 75.6 Å². The lowest BCUT2D eigenvalue weighted by molar-refractivity contribution is 0.0517. The fourth-order valence-electron chi connectivity index (χ4n) is 5.85. The highest BCUT2D eigenvalue weighted by Crippen LogP contribution is 2.52. The van der Waals surface area contributed by atoms with Crippen molar-refractivity contribution in [2.45, 2.75) is 38.1 Å². The van der Waals surface area contributed by atoms with Crippen molar-refractivity contribution in [3.63, 3.8) is 0 Å². The Bertz CT molecular complexity index is 1400. The summed E-state index contributed by atoms with van der Waals surface area (Å²) < 4.78 is 6.76. The van der Waals surface area contributed by atoms with Gasteiger partial charge < -0.3 is 14.7 Å². The highest BCUT2D eigenvalue weighted by Gasteiger charge is 2.49. The van der Waals surface area contributed by atoms with E-state index in [1.54, 1.807) is 30.0 Å². The number of anilines is 1. The summed E-state index contributed by atoms with van der Waals surface area (Å²) in [6.07, 6.45) is 2.79. The summed E-state index contributed by atoms with van der Waals surface area (Å²) in [5.41, 5.74) is 5.32. The van der Waals surface area contributed by atoms with E-state index in [-0.39, 0.29) is 30.2 Å². The monoisotopic (exact) mass is 520 g/mol. The Hall–Kier alpha value is -3.20. The molecular formula is C28H29ClN4O4. The van der Waals surface area contributed by atoms with E-state index in [4.69, 9.17) is 16.3 Å². The van der Waals surface area contributed by atoms with Crippen molar-refractivity contribution in [1.82, 2.24) is 14.7 Å². The molecule has 0 radical (unpaired) electrons. The van der Waals surface area contributed by atoms with Gasteiger partial charge in [-0.25, -0.2) is 9.48 Å². The Kier molecular flexibility index (Phi) is 6.06. The number of aliphatic hydroxyl groups is 1. The SMILES string of the molecule is CCOC(=O)c1nn(-c2cccc(Cl)c2)c2c1CCN(c1ccc3c(c1)CN(CCO)CC31CC1)C2=O. The molecule has 0 bridgehead atoms. The van der Waals surface area contributed by atoms with Crippen LogP contribution in [0.1, 0.15) is 57.4 Å². The third-order valence-corrected chi connectivity index (χ3v) is 7.94. The predicted molar refractivity (Wildman–Crippen MR) is 140 cm³/mol. The van der Waals surface area contributed by atoms with Gasteiger partial charge in [0, 0.05) is 47.9 Å². The van der Waals surface area contributed by atoms with E-state index in [2.05, 4.69) is 22.1 Å². The van der Waals surface area contributed by atoms with Gasteiger partial charge in [-0.05, 0) is 67.6 Å². The molecule has 1 spiro atoms. The van der Waals surface area contributed by atoms with Gasteiger partial charge in [0.25, 0.3) is 5.91 Å². The molecule has 0 unspecified atom stereocenters. The maximum absolute atomic E-state index is 14.0. The van der Waals surface area contributed by atoms with E-state index in [9.17, 15) is 14.7 Å². The van der Waals surface area contributed by atoms with Gasteiger partial charge in [0.15, 0.2) is 5.69 Å². The molecule has 6 rings (SSSR count). The van der Waals surface area contributed by atoms with Crippen LogP contribution in [0, 0.1) is 0 Å². The molecule has 3 aromatic rings. The van der Waals surface area contributed by atoms with Gasteiger partial charge in [-0.15, -0.1) is 0 Å². The van der Waals surface area contributed by atoms with Gasteiger partial charge in [-0.2, -0.15) is 5.10 Å². The average Bonchev–Trinajstić information content (AvgIpc) is 3.52. The number of β-amino-alcohol motifs (C(OH)–C–C–N with tert-alkyl or cyclic N) is 1. The second-order valence-corrected chi connectivity index (χ2v) is 10.5. The van der Waals surface area contributed by atoms with Crippen molar-refractivity contribution in [1.29, 1.82) is 0 Å². The first-order chi connectivity index (χ1) is 17.9. The zero-order valence-electron chi connectivity index (χ0n) is 20.7. The molecule has 0 atom stereocenters. The third kappa shape index (κ3) is 4.13. The van der Waals surface area contributed by atoms with E-state index >= 15 is 0 Å². The first-order valence-corrected chi connectivity index (χ1v) is 13.2. The fourth-order valence-corrected chi connectivity index (χ4v) is 6.03. The number of halogens is 1. The molecule has 37 heavy (non-hydrogen) atoms. The summed E-state index contributed by atoms with van der Waals surface area (Å²) in [6, 6.07) is 13.4. The van der Waals surface area contributed by atoms with Gasteiger partial charge in [0.05, 0.1) is 18.9 Å². The molecule has 1 amide bonds. The Balaban J connectivity index is 1.40. The number of hydrogen-bond donors (Lipinski definition) is 1. The van der Waals surface area contributed by atoms with Crippen LogP contribution in [0.5, 0.6) is 0 Å². The molecule has 8 nitrogen and oxygen atoms in total. The predicted octanol–water partition coefficient (Wildman–Crippen LogP) is 3.74. The van der Waals surface area contributed by atoms with E-state index in [1.165, 1.54) is 15.8 Å². The molecule has 2 aromatic carbocycles. The number of fused-ring (bicyclic) bond motifs is 3. The Morgan fingerprint density at radius 3 is 2.76 bits per heavy atom. The topological polar surface area (TPSA) is 87.9 Å². The van der Waals surface area contributed by atoms with Crippen molar-refractivity contribution >= 4 is 29.2 Å². The molecule has 1 fully saturated rings. The quantitative estimate of drug-likeness (QED) is 0.498. The van der Waals surface area contributed by atoms with Crippen LogP contribution in [-0.4, -0.2) is 64.5 Å². The molecule has 0 saturated heterocycles. The summed E-state index contributed by atoms with van der Waals surface area (Å²) in [4.78, 5) is 30.8. The molecule has 1 N–H and O–H groups in total. The second kappa shape index (κ2) is 9.28. The van der Waals surface area contributed by atoms with E-state index in [0.717, 1.165) is 31.6 Å². The normalized spacial score (nSPS) is 18.0. The number of aliphatic hydroxyl groups excluding tert-OH is 1. The van der Waals surface area contributed by atoms with Gasteiger partial charge in [0.1, 0.15) is 5.69 Å². The van der Waals surface area contributed by atoms with Crippen LogP contribution in [-0.2, 0) is 23.1 Å². The number of nitrogens with zero attached hydrogens (tertiary/aromatic N) is 4. The fraction of sp³-hybridized carbons (Fsp3) is 0.393. The minimum absolute atomic E-state index is 0.134. The maximum atomic E-state index is 14.0. The number of amides is 1. The highest BCUT2D eigenvalue weighted by atomic mass is 35.5. The Morgan fingerprint density at radius 1 is 1.19 bits per heavy atom. The van der Waals surface area contributed by atoms with Crippen molar-refractivity contribution in [2.24, 2.45) is 0 Å².